The molecule has 4 aromatic rings. The molecule has 4 rings (SSSR count). The van der Waals surface area contributed by atoms with Crippen molar-refractivity contribution < 1.29 is 14.3 Å². The molecule has 186 valence electrons. The van der Waals surface area contributed by atoms with Crippen LogP contribution in [0.1, 0.15) is 10.6 Å². The summed E-state index contributed by atoms with van der Waals surface area (Å²) in [6, 6.07) is 21.3. The van der Waals surface area contributed by atoms with E-state index in [0.29, 0.717) is 18.1 Å². The summed E-state index contributed by atoms with van der Waals surface area (Å²) in [6.45, 7) is 7.59. The summed E-state index contributed by atoms with van der Waals surface area (Å²) in [4.78, 5) is 32.1. The molecular weight excluding hydrogens is 472 g/mol. The summed E-state index contributed by atoms with van der Waals surface area (Å²) < 4.78 is 13.7. The minimum Gasteiger partial charge on any atom is -0.457 e. The zero-order valence-electron chi connectivity index (χ0n) is 20.7. The highest BCUT2D eigenvalue weighted by molar-refractivity contribution is 6.76. The Morgan fingerprint density at radius 2 is 1.81 bits per heavy atom. The van der Waals surface area contributed by atoms with Crippen molar-refractivity contribution in [2.75, 3.05) is 11.9 Å². The number of rotatable bonds is 10. The molecule has 0 atom stereocenters. The Kier molecular flexibility index (Phi) is 7.82. The van der Waals surface area contributed by atoms with Crippen molar-refractivity contribution in [3.63, 3.8) is 0 Å². The van der Waals surface area contributed by atoms with Crippen LogP contribution in [0.2, 0.25) is 25.7 Å². The fourth-order valence-corrected chi connectivity index (χ4v) is 4.25. The van der Waals surface area contributed by atoms with Crippen molar-refractivity contribution in [2.24, 2.45) is 0 Å². The third kappa shape index (κ3) is 6.59. The second kappa shape index (κ2) is 11.2. The SMILES string of the molecule is C[Si](C)(C)CCOCn1c(-c2cccc(Oc3ccccc3)c2)cnc1C(=O)Nc1ccc[nH]c1=O. The molecule has 8 nitrogen and oxygen atoms in total. The lowest BCUT2D eigenvalue weighted by Crippen LogP contribution is -2.24. The second-order valence-electron chi connectivity index (χ2n) is 9.55. The number of aromatic amines is 1. The van der Waals surface area contributed by atoms with Crippen LogP contribution in [0.5, 0.6) is 11.5 Å². The predicted octanol–water partition coefficient (Wildman–Crippen LogP) is 5.60. The molecule has 9 heteroatoms. The van der Waals surface area contributed by atoms with E-state index in [4.69, 9.17) is 9.47 Å². The van der Waals surface area contributed by atoms with Gasteiger partial charge in [-0.25, -0.2) is 4.98 Å². The number of carbonyl (C=O) groups excluding carboxylic acids is 1. The molecule has 0 unspecified atom stereocenters. The number of nitrogens with zero attached hydrogens (tertiary/aromatic N) is 2. The molecule has 0 aliphatic rings. The first-order chi connectivity index (χ1) is 17.3. The number of imidazole rings is 1. The first-order valence-corrected chi connectivity index (χ1v) is 15.5. The summed E-state index contributed by atoms with van der Waals surface area (Å²) in [5.41, 5.74) is 1.29. The van der Waals surface area contributed by atoms with E-state index in [9.17, 15) is 9.59 Å². The first-order valence-electron chi connectivity index (χ1n) is 11.8. The Hall–Kier alpha value is -3.95. The highest BCUT2D eigenvalue weighted by Crippen LogP contribution is 2.28. The van der Waals surface area contributed by atoms with E-state index in [1.165, 1.54) is 6.20 Å². The molecule has 0 spiro atoms. The van der Waals surface area contributed by atoms with Crippen LogP contribution in [0.25, 0.3) is 11.3 Å². The largest absolute Gasteiger partial charge is 0.457 e. The van der Waals surface area contributed by atoms with E-state index in [1.807, 2.05) is 54.6 Å². The lowest BCUT2D eigenvalue weighted by Gasteiger charge is -2.17. The number of amides is 1. The van der Waals surface area contributed by atoms with Gasteiger partial charge in [0.1, 0.15) is 23.9 Å². The van der Waals surface area contributed by atoms with Crippen molar-refractivity contribution in [2.45, 2.75) is 32.4 Å². The van der Waals surface area contributed by atoms with Crippen molar-refractivity contribution in [3.8, 4) is 22.8 Å². The number of pyridine rings is 1. The molecule has 2 heterocycles. The van der Waals surface area contributed by atoms with Crippen LogP contribution in [0.15, 0.2) is 83.9 Å². The fraction of sp³-hybridized carbons (Fsp3) is 0.222. The highest BCUT2D eigenvalue weighted by Gasteiger charge is 2.20. The normalized spacial score (nSPS) is 11.3. The summed E-state index contributed by atoms with van der Waals surface area (Å²) >= 11 is 0. The van der Waals surface area contributed by atoms with Crippen LogP contribution in [0.3, 0.4) is 0 Å². The number of para-hydroxylation sites is 1. The topological polar surface area (TPSA) is 98.2 Å². The van der Waals surface area contributed by atoms with E-state index in [0.717, 1.165) is 17.4 Å². The third-order valence-corrected chi connectivity index (χ3v) is 7.15. The monoisotopic (exact) mass is 502 g/mol. The van der Waals surface area contributed by atoms with E-state index < -0.39 is 14.0 Å². The summed E-state index contributed by atoms with van der Waals surface area (Å²) in [5.74, 6) is 1.04. The molecule has 0 aliphatic carbocycles. The first kappa shape index (κ1) is 25.1. The van der Waals surface area contributed by atoms with E-state index in [1.54, 1.807) is 22.9 Å². The lowest BCUT2D eigenvalue weighted by atomic mass is 10.1. The summed E-state index contributed by atoms with van der Waals surface area (Å²) in [5, 5.41) is 2.65. The third-order valence-electron chi connectivity index (χ3n) is 5.45. The van der Waals surface area contributed by atoms with Crippen LogP contribution in [-0.4, -0.2) is 35.1 Å². The van der Waals surface area contributed by atoms with Crippen LogP contribution < -0.4 is 15.6 Å². The van der Waals surface area contributed by atoms with Crippen molar-refractivity contribution in [1.29, 1.82) is 0 Å². The van der Waals surface area contributed by atoms with Gasteiger partial charge < -0.3 is 19.8 Å². The molecule has 2 N–H and O–H groups in total. The maximum atomic E-state index is 13.1. The molecule has 0 saturated heterocycles. The number of carbonyl (C=O) groups is 1. The van der Waals surface area contributed by atoms with Gasteiger partial charge in [-0.3, -0.25) is 14.2 Å². The van der Waals surface area contributed by atoms with E-state index in [2.05, 4.69) is 34.9 Å². The van der Waals surface area contributed by atoms with Crippen LogP contribution in [-0.2, 0) is 11.5 Å². The van der Waals surface area contributed by atoms with E-state index in [-0.39, 0.29) is 23.8 Å². The van der Waals surface area contributed by atoms with Gasteiger partial charge >= 0.3 is 0 Å². The molecule has 0 fully saturated rings. The molecule has 1 amide bonds. The molecular formula is C27H30N4O4Si. The molecule has 0 radical (unpaired) electrons. The van der Waals surface area contributed by atoms with Gasteiger partial charge in [0.15, 0.2) is 0 Å². The predicted molar refractivity (Wildman–Crippen MR) is 143 cm³/mol. The van der Waals surface area contributed by atoms with Crippen LogP contribution in [0, 0.1) is 0 Å². The van der Waals surface area contributed by atoms with Crippen molar-refractivity contribution in [3.05, 3.63) is 95.3 Å². The average molecular weight is 503 g/mol. The number of nitrogens with one attached hydrogen (secondary N) is 2. The Bertz CT molecular complexity index is 1380. The fourth-order valence-electron chi connectivity index (χ4n) is 3.49. The summed E-state index contributed by atoms with van der Waals surface area (Å²) in [6.07, 6.45) is 3.14. The number of aromatic nitrogens is 3. The minimum absolute atomic E-state index is 0.149. The molecule has 2 aromatic carbocycles. The van der Waals surface area contributed by atoms with Crippen LogP contribution in [0.4, 0.5) is 5.69 Å². The second-order valence-corrected chi connectivity index (χ2v) is 15.2. The highest BCUT2D eigenvalue weighted by atomic mass is 28.3. The molecule has 0 saturated carbocycles. The Morgan fingerprint density at radius 1 is 1.03 bits per heavy atom. The van der Waals surface area contributed by atoms with E-state index >= 15 is 0 Å². The number of hydrogen-bond donors (Lipinski definition) is 2. The number of anilines is 1. The standard InChI is InChI=1S/C27H30N4O4Si/c1-36(2,3)16-15-34-19-31-24(18-29-25(31)27(33)30-23-13-8-14-28-26(23)32)20-9-7-12-22(17-20)35-21-10-5-4-6-11-21/h4-14,17-18H,15-16,19H2,1-3H3,(H,28,32)(H,30,33). The van der Waals surface area contributed by atoms with Gasteiger partial charge in [0.25, 0.3) is 11.5 Å². The smallest absolute Gasteiger partial charge is 0.291 e. The van der Waals surface area contributed by atoms with Gasteiger partial charge in [0, 0.05) is 26.4 Å². The number of H-pyrrole nitrogens is 1. The molecule has 2 aromatic heterocycles. The maximum Gasteiger partial charge on any atom is 0.291 e. The Labute approximate surface area is 210 Å². The van der Waals surface area contributed by atoms with Crippen molar-refractivity contribution >= 4 is 19.7 Å². The van der Waals surface area contributed by atoms with Crippen LogP contribution >= 0.6 is 0 Å². The Balaban J connectivity index is 1.62. The summed E-state index contributed by atoms with van der Waals surface area (Å²) in [7, 11) is -1.28. The van der Waals surface area contributed by atoms with Gasteiger partial charge in [-0.15, -0.1) is 0 Å². The van der Waals surface area contributed by atoms with Gasteiger partial charge in [-0.1, -0.05) is 50.0 Å². The van der Waals surface area contributed by atoms with Crippen molar-refractivity contribution in [1.82, 2.24) is 14.5 Å². The number of ether oxygens (including phenoxy) is 2. The number of hydrogen-bond acceptors (Lipinski definition) is 5. The van der Waals surface area contributed by atoms with Gasteiger partial charge in [0.2, 0.25) is 5.82 Å². The van der Waals surface area contributed by atoms with Gasteiger partial charge in [-0.2, -0.15) is 0 Å². The average Bonchev–Trinajstić information content (AvgIpc) is 3.27. The molecule has 0 bridgehead atoms. The van der Waals surface area contributed by atoms with Gasteiger partial charge in [-0.05, 0) is 42.4 Å². The quantitative estimate of drug-likeness (QED) is 0.217. The maximum absolute atomic E-state index is 13.1. The Morgan fingerprint density at radius 3 is 2.56 bits per heavy atom. The molecule has 36 heavy (non-hydrogen) atoms. The molecule has 0 aliphatic heterocycles. The lowest BCUT2D eigenvalue weighted by molar-refractivity contribution is 0.0817. The zero-order valence-corrected chi connectivity index (χ0v) is 21.7. The number of benzene rings is 2. The zero-order chi connectivity index (χ0) is 25.5. The minimum atomic E-state index is -1.28. The van der Waals surface area contributed by atoms with Gasteiger partial charge in [0.05, 0.1) is 11.9 Å².